The number of esters is 1. The van der Waals surface area contributed by atoms with Gasteiger partial charge >= 0.3 is 18.1 Å². The summed E-state index contributed by atoms with van der Waals surface area (Å²) in [4.78, 5) is 28.2. The van der Waals surface area contributed by atoms with E-state index in [1.807, 2.05) is 29.0 Å². The highest BCUT2D eigenvalue weighted by Gasteiger charge is 2.38. The van der Waals surface area contributed by atoms with Crippen molar-refractivity contribution in [2.45, 2.75) is 70.5 Å². The smallest absolute Gasteiger partial charge is 0.471 e. The molecule has 0 saturated carbocycles. The van der Waals surface area contributed by atoms with Crippen LogP contribution in [0.3, 0.4) is 0 Å². The lowest BCUT2D eigenvalue weighted by Crippen LogP contribution is -2.38. The van der Waals surface area contributed by atoms with Gasteiger partial charge in [0.15, 0.2) is 0 Å². The van der Waals surface area contributed by atoms with E-state index in [1.54, 1.807) is 0 Å². The number of alkyl halides is 3. The van der Waals surface area contributed by atoms with Crippen molar-refractivity contribution in [2.24, 2.45) is 5.92 Å². The van der Waals surface area contributed by atoms with Gasteiger partial charge in [-0.2, -0.15) is 13.2 Å². The molecule has 2 aliphatic heterocycles. The van der Waals surface area contributed by atoms with Crippen LogP contribution < -0.4 is 16.1 Å². The zero-order chi connectivity index (χ0) is 28.8. The van der Waals surface area contributed by atoms with E-state index < -0.39 is 20.2 Å². The molecule has 3 heterocycles. The number of hydrogen-bond acceptors (Lipinski definition) is 5. The molecule has 5 rings (SSSR count). The Bertz CT molecular complexity index is 1520. The van der Waals surface area contributed by atoms with E-state index in [0.717, 1.165) is 40.8 Å². The van der Waals surface area contributed by atoms with Gasteiger partial charge in [-0.25, -0.2) is 4.98 Å². The molecule has 0 bridgehead atoms. The van der Waals surface area contributed by atoms with E-state index >= 15 is 0 Å². The topological polar surface area (TPSA) is 93.4 Å². The Kier molecular flexibility index (Phi) is 7.45. The molecule has 0 fully saturated rings. The Morgan fingerprint density at radius 2 is 2.05 bits per heavy atom. The van der Waals surface area contributed by atoms with Crippen molar-refractivity contribution in [3.8, 4) is 0 Å². The van der Waals surface area contributed by atoms with Crippen LogP contribution in [0.2, 0.25) is 25.2 Å². The van der Waals surface area contributed by atoms with Gasteiger partial charge in [0.05, 0.1) is 18.2 Å². The summed E-state index contributed by atoms with van der Waals surface area (Å²) in [7, 11) is -1.73. The highest BCUT2D eigenvalue weighted by molar-refractivity contribution is 6.77. The Morgan fingerprint density at radius 3 is 2.77 bits per heavy atom. The molecule has 11 heteroatoms. The summed E-state index contributed by atoms with van der Waals surface area (Å²) in [6.45, 7) is 7.05. The SMILES string of the molecule is CC[C@@H]1C(=O)OCC2=C1Cc1nc3n(c1=C2O)Cc1c(cccc1CC[Si](C)(C)CCCNC(=O)C(F)(F)F)C=3. The van der Waals surface area contributed by atoms with Crippen LogP contribution in [0.5, 0.6) is 0 Å². The van der Waals surface area contributed by atoms with E-state index in [1.165, 1.54) is 11.1 Å². The van der Waals surface area contributed by atoms with Gasteiger partial charge in [-0.3, -0.25) is 9.59 Å². The van der Waals surface area contributed by atoms with Crippen LogP contribution in [0.15, 0.2) is 29.3 Å². The number of ether oxygens (including phenoxy) is 1. The van der Waals surface area contributed by atoms with E-state index in [4.69, 9.17) is 9.72 Å². The molecule has 1 amide bonds. The van der Waals surface area contributed by atoms with Crippen LogP contribution >= 0.6 is 0 Å². The quantitative estimate of drug-likeness (QED) is 0.245. The molecular formula is C29H34F3N3O4Si. The molecule has 0 spiro atoms. The number of amides is 1. The monoisotopic (exact) mass is 573 g/mol. The van der Waals surface area contributed by atoms with E-state index in [-0.39, 0.29) is 30.8 Å². The number of hydrogen-bond donors (Lipinski definition) is 2. The normalized spacial score (nSPS) is 18.3. The number of carbonyl (C=O) groups is 2. The van der Waals surface area contributed by atoms with Gasteiger partial charge in [-0.05, 0) is 47.6 Å². The maximum Gasteiger partial charge on any atom is 0.471 e. The molecule has 2 N–H and O–H groups in total. The summed E-state index contributed by atoms with van der Waals surface area (Å²) in [5, 5.41) is 14.0. The summed E-state index contributed by atoms with van der Waals surface area (Å²) < 4.78 is 44.7. The third-order valence-electron chi connectivity index (χ3n) is 8.35. The number of nitrogens with zero attached hydrogens (tertiary/aromatic N) is 2. The second-order valence-electron chi connectivity index (χ2n) is 11.6. The first kappa shape index (κ1) is 28.2. The number of aliphatic hydroxyl groups excluding tert-OH is 1. The first-order valence-corrected chi connectivity index (χ1v) is 17.2. The number of nitrogens with one attached hydrogen (secondary N) is 1. The number of cyclic esters (lactones) is 1. The Morgan fingerprint density at radius 1 is 1.27 bits per heavy atom. The van der Waals surface area contributed by atoms with Crippen LogP contribution in [-0.4, -0.2) is 53.9 Å². The second-order valence-corrected chi connectivity index (χ2v) is 16.9. The second kappa shape index (κ2) is 10.6. The molecule has 1 aromatic heterocycles. The molecule has 214 valence electrons. The van der Waals surface area contributed by atoms with Crippen LogP contribution in [0, 0.1) is 5.92 Å². The Hall–Kier alpha value is -3.34. The van der Waals surface area contributed by atoms with Gasteiger partial charge in [-0.1, -0.05) is 50.3 Å². The summed E-state index contributed by atoms with van der Waals surface area (Å²) in [5.74, 6) is -2.35. The third kappa shape index (κ3) is 5.35. The molecule has 1 aromatic carbocycles. The first-order valence-electron chi connectivity index (χ1n) is 13.7. The van der Waals surface area contributed by atoms with E-state index in [2.05, 4.69) is 25.2 Å². The highest BCUT2D eigenvalue weighted by atomic mass is 28.3. The van der Waals surface area contributed by atoms with Crippen molar-refractivity contribution in [3.63, 3.8) is 0 Å². The number of aryl methyl sites for hydroxylation is 1. The largest absolute Gasteiger partial charge is 0.505 e. The summed E-state index contributed by atoms with van der Waals surface area (Å²) >= 11 is 0. The summed E-state index contributed by atoms with van der Waals surface area (Å²) in [6.07, 6.45) is -0.319. The fraction of sp³-hybridized carbons (Fsp3) is 0.483. The number of fused-ring (bicyclic) bond motifs is 4. The van der Waals surface area contributed by atoms with Crippen LogP contribution in [0.1, 0.15) is 42.1 Å². The molecule has 7 nitrogen and oxygen atoms in total. The van der Waals surface area contributed by atoms with Crippen molar-refractivity contribution in [1.82, 2.24) is 14.9 Å². The van der Waals surface area contributed by atoms with E-state index in [0.29, 0.717) is 36.7 Å². The van der Waals surface area contributed by atoms with Crippen LogP contribution in [0.25, 0.3) is 11.8 Å². The predicted octanol–water partition coefficient (Wildman–Crippen LogP) is 3.50. The Balaban J connectivity index is 1.33. The van der Waals surface area contributed by atoms with Gasteiger partial charge < -0.3 is 19.7 Å². The average molecular weight is 574 g/mol. The number of carbonyl (C=O) groups excluding carboxylic acids is 2. The minimum absolute atomic E-state index is 0.0231. The average Bonchev–Trinajstić information content (AvgIpc) is 3.25. The highest BCUT2D eigenvalue weighted by Crippen LogP contribution is 2.33. The van der Waals surface area contributed by atoms with E-state index in [9.17, 15) is 27.9 Å². The summed E-state index contributed by atoms with van der Waals surface area (Å²) in [5.41, 5.74) is 6.62. The van der Waals surface area contributed by atoms with Gasteiger partial charge in [0, 0.05) is 26.6 Å². The standard InChI is InChI=1S/C29H34F3N3O4Si/c1-4-19-20-14-23-25(26(36)22(20)16-39-27(19)37)35-15-21-17(7-5-8-18(21)13-24(35)34-23)9-12-40(2,3)11-6-10-33-28(38)29(30,31)32/h5,7-8,13,19,36H,4,6,9-12,14-16H2,1-3H3,(H,33,38)/t19-/m0/s1. The van der Waals surface area contributed by atoms with Crippen molar-refractivity contribution in [3.05, 3.63) is 62.6 Å². The van der Waals surface area contributed by atoms with Crippen molar-refractivity contribution >= 4 is 31.8 Å². The first-order chi connectivity index (χ1) is 18.9. The maximum absolute atomic E-state index is 12.4. The molecule has 0 radical (unpaired) electrons. The molecular weight excluding hydrogens is 539 g/mol. The number of aliphatic hydroxyl groups is 1. The molecule has 3 aliphatic rings. The van der Waals surface area contributed by atoms with Gasteiger partial charge in [0.2, 0.25) is 0 Å². The number of aromatic nitrogens is 2. The molecule has 1 aliphatic carbocycles. The minimum Gasteiger partial charge on any atom is -0.505 e. The molecule has 2 aromatic rings. The lowest BCUT2D eigenvalue weighted by molar-refractivity contribution is -0.173. The summed E-state index contributed by atoms with van der Waals surface area (Å²) in [6, 6.07) is 7.99. The van der Waals surface area contributed by atoms with Crippen LogP contribution in [-0.2, 0) is 33.7 Å². The van der Waals surface area contributed by atoms with Gasteiger partial charge in [0.1, 0.15) is 23.2 Å². The number of imidazole rings is 1. The van der Waals surface area contributed by atoms with Crippen molar-refractivity contribution in [2.75, 3.05) is 13.2 Å². The minimum atomic E-state index is -4.85. The molecule has 0 saturated heterocycles. The Labute approximate surface area is 231 Å². The van der Waals surface area contributed by atoms with Crippen molar-refractivity contribution in [1.29, 1.82) is 0 Å². The lowest BCUT2D eigenvalue weighted by Gasteiger charge is -2.29. The predicted molar refractivity (Wildman–Crippen MR) is 147 cm³/mol. The maximum atomic E-state index is 12.4. The number of halogens is 3. The van der Waals surface area contributed by atoms with Crippen molar-refractivity contribution < 1.29 is 32.6 Å². The van der Waals surface area contributed by atoms with Crippen LogP contribution in [0.4, 0.5) is 13.2 Å². The fourth-order valence-electron chi connectivity index (χ4n) is 6.04. The van der Waals surface area contributed by atoms with Gasteiger partial charge in [0.25, 0.3) is 0 Å². The zero-order valence-electron chi connectivity index (χ0n) is 23.0. The van der Waals surface area contributed by atoms with Gasteiger partial charge in [-0.15, -0.1) is 0 Å². The molecule has 1 atom stereocenters. The lowest BCUT2D eigenvalue weighted by atomic mass is 9.84. The number of benzene rings is 1. The fourth-order valence-corrected chi connectivity index (χ4v) is 8.37. The number of rotatable bonds is 8. The zero-order valence-corrected chi connectivity index (χ0v) is 24.0. The molecule has 0 unspecified atom stereocenters. The molecule has 40 heavy (non-hydrogen) atoms. The third-order valence-corrected chi connectivity index (χ3v) is 11.7.